The van der Waals surface area contributed by atoms with E-state index in [1.54, 1.807) is 0 Å². The Morgan fingerprint density at radius 3 is 2.02 bits per heavy atom. The highest BCUT2D eigenvalue weighted by atomic mass is 16.5. The molecule has 0 N–H and O–H groups in total. The van der Waals surface area contributed by atoms with Crippen molar-refractivity contribution >= 4 is 5.97 Å². The Hall–Kier alpha value is -1.51. The second-order valence-electron chi connectivity index (χ2n) is 14.1. The van der Waals surface area contributed by atoms with Gasteiger partial charge in [0.1, 0.15) is 17.1 Å². The van der Waals surface area contributed by atoms with Crippen LogP contribution in [0.3, 0.4) is 0 Å². The summed E-state index contributed by atoms with van der Waals surface area (Å²) in [5, 5.41) is 0. The van der Waals surface area contributed by atoms with Gasteiger partial charge in [0.25, 0.3) is 0 Å². The summed E-state index contributed by atoms with van der Waals surface area (Å²) in [7, 11) is 0. The molecule has 1 aliphatic rings. The van der Waals surface area contributed by atoms with Crippen molar-refractivity contribution in [2.24, 2.45) is 17.8 Å². The van der Waals surface area contributed by atoms with Crippen LogP contribution in [0.15, 0.2) is 0 Å². The second kappa shape index (κ2) is 17.4. The van der Waals surface area contributed by atoms with E-state index in [0.717, 1.165) is 78.0 Å². The number of esters is 1. The normalized spacial score (nSPS) is 18.4. The Balaban J connectivity index is 1.84. The third-order valence-corrected chi connectivity index (χ3v) is 9.54. The third kappa shape index (κ3) is 11.4. The van der Waals surface area contributed by atoms with Crippen LogP contribution in [0.25, 0.3) is 0 Å². The average molecular weight is 557 g/mol. The molecule has 0 radical (unpaired) electrons. The molecule has 230 valence electrons. The number of benzene rings is 1. The van der Waals surface area contributed by atoms with E-state index in [1.165, 1.54) is 76.2 Å². The summed E-state index contributed by atoms with van der Waals surface area (Å²) in [6.45, 7) is 20.4. The number of hydrogen-bond acceptors (Lipinski definition) is 3. The Morgan fingerprint density at radius 2 is 1.40 bits per heavy atom. The van der Waals surface area contributed by atoms with Crippen molar-refractivity contribution in [3.63, 3.8) is 0 Å². The molecular weight excluding hydrogens is 492 g/mol. The minimum atomic E-state index is -0.113. The molecule has 0 saturated carbocycles. The maximum Gasteiger partial charge on any atom is 0.311 e. The van der Waals surface area contributed by atoms with E-state index in [9.17, 15) is 4.79 Å². The molecule has 3 heteroatoms. The molecule has 3 nitrogen and oxygen atoms in total. The van der Waals surface area contributed by atoms with E-state index in [2.05, 4.69) is 62.3 Å². The highest BCUT2D eigenvalue weighted by Gasteiger charge is 2.34. The molecular formula is C37H64O3. The standard InChI is InChI=1S/C37H64O3/c1-10-11-12-13-14-23-34(38)39-35-30(6)31(7)36-33(32(35)8)24-26-37(9,40-36)25-17-22-29(5)21-16-20-28(4)19-15-18-27(2)3/h27-29H,10-26H2,1-9H3. The SMILES string of the molecule is CCCCCCCC(=O)Oc1c(C)c(C)c2c(c1C)CCC(C)(CCCC(C)CCCC(C)CCCC(C)C)O2. The lowest BCUT2D eigenvalue weighted by atomic mass is 9.83. The van der Waals surface area contributed by atoms with Gasteiger partial charge in [0.05, 0.1) is 0 Å². The van der Waals surface area contributed by atoms with Crippen LogP contribution in [0, 0.1) is 38.5 Å². The molecule has 0 saturated heterocycles. The van der Waals surface area contributed by atoms with Crippen LogP contribution in [-0.2, 0) is 11.2 Å². The Kier molecular flexibility index (Phi) is 15.1. The van der Waals surface area contributed by atoms with Crippen LogP contribution in [0.4, 0.5) is 0 Å². The summed E-state index contributed by atoms with van der Waals surface area (Å²) in [4.78, 5) is 12.6. The molecule has 1 heterocycles. The zero-order chi connectivity index (χ0) is 29.7. The number of carbonyl (C=O) groups is 1. The molecule has 3 atom stereocenters. The van der Waals surface area contributed by atoms with Crippen molar-refractivity contribution < 1.29 is 14.3 Å². The van der Waals surface area contributed by atoms with Gasteiger partial charge in [-0.25, -0.2) is 0 Å². The molecule has 0 aliphatic carbocycles. The van der Waals surface area contributed by atoms with Gasteiger partial charge in [0.15, 0.2) is 0 Å². The molecule has 1 aromatic rings. The average Bonchev–Trinajstić information content (AvgIpc) is 2.89. The first-order chi connectivity index (χ1) is 19.0. The molecule has 40 heavy (non-hydrogen) atoms. The van der Waals surface area contributed by atoms with Crippen molar-refractivity contribution in [1.82, 2.24) is 0 Å². The van der Waals surface area contributed by atoms with Crippen molar-refractivity contribution in [3.8, 4) is 11.5 Å². The first-order valence-corrected chi connectivity index (χ1v) is 17.0. The number of fused-ring (bicyclic) bond motifs is 1. The molecule has 2 rings (SSSR count). The summed E-state index contributed by atoms with van der Waals surface area (Å²) >= 11 is 0. The molecule has 0 fully saturated rings. The zero-order valence-electron chi connectivity index (χ0n) is 28.0. The Bertz CT molecular complexity index is 901. The van der Waals surface area contributed by atoms with E-state index in [0.29, 0.717) is 6.42 Å². The van der Waals surface area contributed by atoms with Gasteiger partial charge in [0.2, 0.25) is 0 Å². The zero-order valence-corrected chi connectivity index (χ0v) is 28.0. The van der Waals surface area contributed by atoms with Gasteiger partial charge in [-0.15, -0.1) is 0 Å². The summed E-state index contributed by atoms with van der Waals surface area (Å²) in [6.07, 6.45) is 20.1. The lowest BCUT2D eigenvalue weighted by Gasteiger charge is -2.38. The molecule has 1 aromatic carbocycles. The van der Waals surface area contributed by atoms with Crippen LogP contribution < -0.4 is 9.47 Å². The summed E-state index contributed by atoms with van der Waals surface area (Å²) in [6, 6.07) is 0. The number of ether oxygens (including phenoxy) is 2. The maximum absolute atomic E-state index is 12.6. The van der Waals surface area contributed by atoms with Gasteiger partial charge in [-0.1, -0.05) is 105 Å². The van der Waals surface area contributed by atoms with Crippen LogP contribution in [0.1, 0.15) is 167 Å². The number of unbranched alkanes of at least 4 members (excludes halogenated alkanes) is 4. The highest BCUT2D eigenvalue weighted by Crippen LogP contribution is 2.45. The summed E-state index contributed by atoms with van der Waals surface area (Å²) < 4.78 is 12.7. The fraction of sp³-hybridized carbons (Fsp3) is 0.811. The third-order valence-electron chi connectivity index (χ3n) is 9.54. The topological polar surface area (TPSA) is 35.5 Å². The van der Waals surface area contributed by atoms with Crippen molar-refractivity contribution in [1.29, 1.82) is 0 Å². The van der Waals surface area contributed by atoms with Gasteiger partial charge in [0, 0.05) is 12.0 Å². The first-order valence-electron chi connectivity index (χ1n) is 17.0. The molecule has 0 amide bonds. The van der Waals surface area contributed by atoms with Crippen molar-refractivity contribution in [3.05, 3.63) is 22.3 Å². The van der Waals surface area contributed by atoms with Crippen molar-refractivity contribution in [2.75, 3.05) is 0 Å². The molecule has 0 bridgehead atoms. The smallest absolute Gasteiger partial charge is 0.311 e. The molecule has 0 spiro atoms. The fourth-order valence-corrected chi connectivity index (χ4v) is 6.45. The van der Waals surface area contributed by atoms with E-state index in [4.69, 9.17) is 9.47 Å². The summed E-state index contributed by atoms with van der Waals surface area (Å²) in [5.74, 6) is 4.21. The van der Waals surface area contributed by atoms with Crippen LogP contribution in [-0.4, -0.2) is 11.6 Å². The van der Waals surface area contributed by atoms with Crippen LogP contribution in [0.2, 0.25) is 0 Å². The van der Waals surface area contributed by atoms with Gasteiger partial charge in [-0.2, -0.15) is 0 Å². The summed E-state index contributed by atoms with van der Waals surface area (Å²) in [5.41, 5.74) is 4.40. The minimum absolute atomic E-state index is 0.0988. The fourth-order valence-electron chi connectivity index (χ4n) is 6.45. The molecule has 1 aliphatic heterocycles. The van der Waals surface area contributed by atoms with Crippen LogP contribution in [0.5, 0.6) is 11.5 Å². The lowest BCUT2D eigenvalue weighted by molar-refractivity contribution is -0.134. The Morgan fingerprint density at radius 1 is 0.800 bits per heavy atom. The predicted molar refractivity (Wildman–Crippen MR) is 172 cm³/mol. The second-order valence-corrected chi connectivity index (χ2v) is 14.1. The molecule has 3 unspecified atom stereocenters. The van der Waals surface area contributed by atoms with E-state index < -0.39 is 0 Å². The minimum Gasteiger partial charge on any atom is -0.487 e. The van der Waals surface area contributed by atoms with Gasteiger partial charge >= 0.3 is 5.97 Å². The number of hydrogen-bond donors (Lipinski definition) is 0. The number of carbonyl (C=O) groups excluding carboxylic acids is 1. The quantitative estimate of drug-likeness (QED) is 0.0965. The van der Waals surface area contributed by atoms with E-state index >= 15 is 0 Å². The monoisotopic (exact) mass is 556 g/mol. The largest absolute Gasteiger partial charge is 0.487 e. The number of rotatable bonds is 19. The van der Waals surface area contributed by atoms with Gasteiger partial charge in [-0.05, 0) is 94.2 Å². The van der Waals surface area contributed by atoms with E-state index in [1.807, 2.05) is 0 Å². The van der Waals surface area contributed by atoms with Gasteiger partial charge in [-0.3, -0.25) is 4.79 Å². The predicted octanol–water partition coefficient (Wildman–Crippen LogP) is 11.4. The first kappa shape index (κ1) is 34.7. The lowest BCUT2D eigenvalue weighted by Crippen LogP contribution is -2.37. The maximum atomic E-state index is 12.6. The molecule has 0 aromatic heterocycles. The van der Waals surface area contributed by atoms with Crippen LogP contribution >= 0.6 is 0 Å². The van der Waals surface area contributed by atoms with Crippen molar-refractivity contribution in [2.45, 2.75) is 177 Å². The Labute approximate surface area is 248 Å². The highest BCUT2D eigenvalue weighted by molar-refractivity contribution is 5.74. The van der Waals surface area contributed by atoms with E-state index in [-0.39, 0.29) is 11.6 Å². The van der Waals surface area contributed by atoms with Gasteiger partial charge < -0.3 is 9.47 Å².